The number of nitrogens with one attached hydrogen (secondary N) is 1. The standard InChI is InChI=1S/C16H15F2N5O/c1-11-2-3-12(6-13(11)24-8-14(17)18)22-15-7-16(21-9-20-15)23-5-4-19-10-23/h2-7,9-10,14H,8H2,1H3,(H,20,21,22). The number of ether oxygens (including phenoxy) is 1. The third-order valence-corrected chi connectivity index (χ3v) is 3.25. The van der Waals surface area contributed by atoms with Crippen molar-refractivity contribution in [1.29, 1.82) is 0 Å². The number of hydrogen-bond donors (Lipinski definition) is 1. The molecule has 1 N–H and O–H groups in total. The molecule has 8 heteroatoms. The molecule has 2 heterocycles. The molecule has 1 aromatic carbocycles. The van der Waals surface area contributed by atoms with Crippen LogP contribution in [0.25, 0.3) is 5.82 Å². The summed E-state index contributed by atoms with van der Waals surface area (Å²) in [5.41, 5.74) is 1.46. The number of anilines is 2. The van der Waals surface area contributed by atoms with Gasteiger partial charge in [-0.05, 0) is 18.6 Å². The van der Waals surface area contributed by atoms with E-state index in [0.717, 1.165) is 5.56 Å². The Balaban J connectivity index is 1.78. The van der Waals surface area contributed by atoms with Gasteiger partial charge in [0.15, 0.2) is 0 Å². The first-order valence-corrected chi connectivity index (χ1v) is 7.21. The van der Waals surface area contributed by atoms with E-state index in [1.165, 1.54) is 6.33 Å². The highest BCUT2D eigenvalue weighted by Gasteiger charge is 2.08. The van der Waals surface area contributed by atoms with Gasteiger partial charge in [-0.15, -0.1) is 0 Å². The molecule has 0 spiro atoms. The van der Waals surface area contributed by atoms with Crippen LogP contribution in [0.1, 0.15) is 5.56 Å². The summed E-state index contributed by atoms with van der Waals surface area (Å²) in [4.78, 5) is 12.3. The van der Waals surface area contributed by atoms with Crippen molar-refractivity contribution in [1.82, 2.24) is 19.5 Å². The van der Waals surface area contributed by atoms with Gasteiger partial charge in [0.05, 0.1) is 0 Å². The molecule has 124 valence electrons. The van der Waals surface area contributed by atoms with Crippen molar-refractivity contribution in [3.63, 3.8) is 0 Å². The highest BCUT2D eigenvalue weighted by atomic mass is 19.3. The number of imidazole rings is 1. The first kappa shape index (κ1) is 15.9. The van der Waals surface area contributed by atoms with E-state index < -0.39 is 13.0 Å². The van der Waals surface area contributed by atoms with E-state index in [4.69, 9.17) is 4.74 Å². The Morgan fingerprint density at radius 3 is 2.88 bits per heavy atom. The average Bonchev–Trinajstić information content (AvgIpc) is 3.10. The van der Waals surface area contributed by atoms with E-state index in [1.807, 2.05) is 6.07 Å². The van der Waals surface area contributed by atoms with E-state index in [-0.39, 0.29) is 0 Å². The summed E-state index contributed by atoms with van der Waals surface area (Å²) in [5, 5.41) is 3.11. The molecule has 0 saturated carbocycles. The van der Waals surface area contributed by atoms with Crippen LogP contribution in [0.3, 0.4) is 0 Å². The van der Waals surface area contributed by atoms with Gasteiger partial charge in [0.25, 0.3) is 6.43 Å². The van der Waals surface area contributed by atoms with Gasteiger partial charge in [-0.3, -0.25) is 4.57 Å². The Bertz CT molecular complexity index is 808. The quantitative estimate of drug-likeness (QED) is 0.750. The van der Waals surface area contributed by atoms with Crippen molar-refractivity contribution in [2.75, 3.05) is 11.9 Å². The molecule has 0 amide bonds. The van der Waals surface area contributed by atoms with Gasteiger partial charge in [0.2, 0.25) is 0 Å². The second-order valence-electron chi connectivity index (χ2n) is 5.04. The summed E-state index contributed by atoms with van der Waals surface area (Å²) >= 11 is 0. The molecule has 3 aromatic rings. The number of hydrogen-bond acceptors (Lipinski definition) is 5. The van der Waals surface area contributed by atoms with E-state index >= 15 is 0 Å². The number of aromatic nitrogens is 4. The summed E-state index contributed by atoms with van der Waals surface area (Å²) in [6.07, 6.45) is 3.98. The largest absolute Gasteiger partial charge is 0.487 e. The van der Waals surface area contributed by atoms with E-state index in [1.54, 1.807) is 48.4 Å². The lowest BCUT2D eigenvalue weighted by atomic mass is 10.2. The molecule has 0 bridgehead atoms. The first-order valence-electron chi connectivity index (χ1n) is 7.21. The van der Waals surface area contributed by atoms with Gasteiger partial charge in [0.1, 0.15) is 36.6 Å². The van der Waals surface area contributed by atoms with Crippen molar-refractivity contribution in [2.45, 2.75) is 13.3 Å². The molecule has 3 rings (SSSR count). The molecule has 0 fully saturated rings. The minimum absolute atomic E-state index is 0.407. The number of alkyl halides is 2. The Morgan fingerprint density at radius 1 is 1.25 bits per heavy atom. The highest BCUT2D eigenvalue weighted by Crippen LogP contribution is 2.25. The van der Waals surface area contributed by atoms with Gasteiger partial charge in [0, 0.05) is 30.2 Å². The van der Waals surface area contributed by atoms with E-state index in [2.05, 4.69) is 20.3 Å². The molecule has 2 aromatic heterocycles. The fourth-order valence-corrected chi connectivity index (χ4v) is 2.09. The highest BCUT2D eigenvalue weighted by molar-refractivity contribution is 5.60. The van der Waals surface area contributed by atoms with E-state index in [9.17, 15) is 8.78 Å². The Kier molecular flexibility index (Phi) is 4.64. The number of nitrogens with zero attached hydrogens (tertiary/aromatic N) is 4. The molecule has 24 heavy (non-hydrogen) atoms. The molecule has 0 saturated heterocycles. The Labute approximate surface area is 137 Å². The van der Waals surface area contributed by atoms with Gasteiger partial charge < -0.3 is 10.1 Å². The van der Waals surface area contributed by atoms with Crippen LogP contribution in [0, 0.1) is 6.92 Å². The lowest BCUT2D eigenvalue weighted by Crippen LogP contribution is -2.08. The second-order valence-corrected chi connectivity index (χ2v) is 5.04. The third-order valence-electron chi connectivity index (χ3n) is 3.25. The summed E-state index contributed by atoms with van der Waals surface area (Å²) < 4.78 is 31.5. The average molecular weight is 331 g/mol. The van der Waals surface area contributed by atoms with Crippen LogP contribution in [-0.2, 0) is 0 Å². The molecule has 0 aliphatic rings. The van der Waals surface area contributed by atoms with Crippen LogP contribution in [0.4, 0.5) is 20.3 Å². The molecule has 6 nitrogen and oxygen atoms in total. The smallest absolute Gasteiger partial charge is 0.272 e. The predicted octanol–water partition coefficient (Wildman–Crippen LogP) is 3.36. The fraction of sp³-hybridized carbons (Fsp3) is 0.188. The number of rotatable bonds is 6. The van der Waals surface area contributed by atoms with Crippen LogP contribution in [0.15, 0.2) is 49.3 Å². The molecular formula is C16H15F2N5O. The maximum absolute atomic E-state index is 12.3. The van der Waals surface area contributed by atoms with Crippen molar-refractivity contribution < 1.29 is 13.5 Å². The third kappa shape index (κ3) is 3.83. The molecule has 0 unspecified atom stereocenters. The molecule has 0 radical (unpaired) electrons. The van der Waals surface area contributed by atoms with Gasteiger partial charge in [-0.2, -0.15) is 0 Å². The van der Waals surface area contributed by atoms with Crippen LogP contribution >= 0.6 is 0 Å². The molecule has 0 atom stereocenters. The topological polar surface area (TPSA) is 64.9 Å². The zero-order valence-corrected chi connectivity index (χ0v) is 12.9. The maximum Gasteiger partial charge on any atom is 0.272 e. The van der Waals surface area contributed by atoms with Crippen LogP contribution < -0.4 is 10.1 Å². The number of aryl methyl sites for hydroxylation is 1. The molecule has 0 aliphatic heterocycles. The van der Waals surface area contributed by atoms with Gasteiger partial charge in [-0.1, -0.05) is 6.07 Å². The van der Waals surface area contributed by atoms with Crippen LogP contribution in [-0.4, -0.2) is 32.6 Å². The van der Waals surface area contributed by atoms with Crippen molar-refractivity contribution in [2.24, 2.45) is 0 Å². The Hall–Kier alpha value is -3.03. The van der Waals surface area contributed by atoms with Crippen molar-refractivity contribution in [3.8, 4) is 11.6 Å². The van der Waals surface area contributed by atoms with Crippen molar-refractivity contribution in [3.05, 3.63) is 54.9 Å². The zero-order chi connectivity index (χ0) is 16.9. The lowest BCUT2D eigenvalue weighted by molar-refractivity contribution is 0.0816. The fourth-order valence-electron chi connectivity index (χ4n) is 2.09. The van der Waals surface area contributed by atoms with Crippen LogP contribution in [0.5, 0.6) is 5.75 Å². The minimum atomic E-state index is -2.51. The number of benzene rings is 1. The summed E-state index contributed by atoms with van der Waals surface area (Å²) in [5.74, 6) is 1.63. The Morgan fingerprint density at radius 2 is 2.12 bits per heavy atom. The molecule has 0 aliphatic carbocycles. The normalized spacial score (nSPS) is 10.8. The SMILES string of the molecule is Cc1ccc(Nc2cc(-n3ccnc3)ncn2)cc1OCC(F)F. The summed E-state index contributed by atoms with van der Waals surface area (Å²) in [7, 11) is 0. The second kappa shape index (κ2) is 7.03. The van der Waals surface area contributed by atoms with Gasteiger partial charge >= 0.3 is 0 Å². The van der Waals surface area contributed by atoms with Crippen LogP contribution in [0.2, 0.25) is 0 Å². The van der Waals surface area contributed by atoms with Gasteiger partial charge in [-0.25, -0.2) is 23.7 Å². The summed E-state index contributed by atoms with van der Waals surface area (Å²) in [6.45, 7) is 1.16. The number of halogens is 2. The zero-order valence-electron chi connectivity index (χ0n) is 12.9. The monoisotopic (exact) mass is 331 g/mol. The van der Waals surface area contributed by atoms with E-state index in [0.29, 0.717) is 23.1 Å². The lowest BCUT2D eigenvalue weighted by Gasteiger charge is -2.12. The maximum atomic E-state index is 12.3. The van der Waals surface area contributed by atoms with Crippen molar-refractivity contribution >= 4 is 11.5 Å². The first-order chi connectivity index (χ1) is 11.6. The molecular weight excluding hydrogens is 316 g/mol. The summed E-state index contributed by atoms with van der Waals surface area (Å²) in [6, 6.07) is 7.03. The minimum Gasteiger partial charge on any atom is -0.487 e. The predicted molar refractivity (Wildman–Crippen MR) is 85.1 cm³/mol.